The van der Waals surface area contributed by atoms with Gasteiger partial charge in [0.1, 0.15) is 0 Å². The molecule has 2 atom stereocenters. The topological polar surface area (TPSA) is 26.3 Å². The van der Waals surface area contributed by atoms with Crippen LogP contribution in [0.3, 0.4) is 0 Å². The van der Waals surface area contributed by atoms with Gasteiger partial charge in [-0.15, -0.1) is 0 Å². The minimum atomic E-state index is -0.211. The first kappa shape index (κ1) is 9.50. The molecule has 0 aromatic heterocycles. The summed E-state index contributed by atoms with van der Waals surface area (Å²) in [5.74, 6) is 1.11. The van der Waals surface area contributed by atoms with Gasteiger partial charge in [-0.25, -0.2) is 4.79 Å². The van der Waals surface area contributed by atoms with Crippen molar-refractivity contribution < 1.29 is 9.53 Å². The van der Waals surface area contributed by atoms with Crippen molar-refractivity contribution in [3.8, 4) is 0 Å². The Bertz CT molecular complexity index is 312. The summed E-state index contributed by atoms with van der Waals surface area (Å²) in [5.41, 5.74) is 2.80. The molecule has 2 nitrogen and oxygen atoms in total. The van der Waals surface area contributed by atoms with Crippen LogP contribution in [0.25, 0.3) is 0 Å². The van der Waals surface area contributed by atoms with E-state index in [1.807, 2.05) is 0 Å². The van der Waals surface area contributed by atoms with E-state index in [0.717, 1.165) is 18.8 Å². The summed E-state index contributed by atoms with van der Waals surface area (Å²) < 4.78 is 4.62. The number of carbonyl (C=O) groups is 1. The molecule has 2 aliphatic rings. The normalized spacial score (nSPS) is 32.1. The van der Waals surface area contributed by atoms with Crippen molar-refractivity contribution in [3.63, 3.8) is 0 Å². The Kier molecular flexibility index (Phi) is 2.44. The van der Waals surface area contributed by atoms with Crippen LogP contribution >= 0.6 is 0 Å². The van der Waals surface area contributed by atoms with Gasteiger partial charge in [0.2, 0.25) is 0 Å². The van der Waals surface area contributed by atoms with Crippen molar-refractivity contribution >= 4 is 5.97 Å². The van der Waals surface area contributed by atoms with Crippen LogP contribution in [0.4, 0.5) is 0 Å². The van der Waals surface area contributed by atoms with Crippen molar-refractivity contribution in [2.24, 2.45) is 11.8 Å². The summed E-state index contributed by atoms with van der Waals surface area (Å²) >= 11 is 0. The highest BCUT2D eigenvalue weighted by atomic mass is 16.5. The standard InChI is InChI=1S/C12H16O2/c1-3-8-4-9-6-10(11(9)5-8)7-12(13)14-2/h5,7,9,11H,3-4,6H2,1-2H3. The van der Waals surface area contributed by atoms with Gasteiger partial charge in [0.05, 0.1) is 7.11 Å². The molecule has 2 unspecified atom stereocenters. The monoisotopic (exact) mass is 192 g/mol. The molecule has 0 aliphatic heterocycles. The third kappa shape index (κ3) is 1.49. The Labute approximate surface area is 84.6 Å². The summed E-state index contributed by atoms with van der Waals surface area (Å²) in [6, 6.07) is 0. The molecule has 1 fully saturated rings. The highest BCUT2D eigenvalue weighted by Crippen LogP contribution is 2.49. The maximum Gasteiger partial charge on any atom is 0.330 e. The molecule has 76 valence electrons. The fourth-order valence-corrected chi connectivity index (χ4v) is 2.44. The first-order valence-corrected chi connectivity index (χ1v) is 5.22. The van der Waals surface area contributed by atoms with Crippen molar-refractivity contribution in [2.75, 3.05) is 7.11 Å². The highest BCUT2D eigenvalue weighted by molar-refractivity contribution is 5.83. The van der Waals surface area contributed by atoms with Gasteiger partial charge in [-0.1, -0.05) is 24.1 Å². The second kappa shape index (κ2) is 3.60. The van der Waals surface area contributed by atoms with Crippen LogP contribution < -0.4 is 0 Å². The smallest absolute Gasteiger partial charge is 0.330 e. The van der Waals surface area contributed by atoms with Gasteiger partial charge in [0.25, 0.3) is 0 Å². The van der Waals surface area contributed by atoms with Gasteiger partial charge in [-0.3, -0.25) is 0 Å². The van der Waals surface area contributed by atoms with Gasteiger partial charge in [-0.2, -0.15) is 0 Å². The van der Waals surface area contributed by atoms with Crippen LogP contribution in [0.15, 0.2) is 23.3 Å². The molecule has 2 rings (SSSR count). The molecule has 2 aliphatic carbocycles. The fourth-order valence-electron chi connectivity index (χ4n) is 2.44. The predicted molar refractivity (Wildman–Crippen MR) is 54.7 cm³/mol. The lowest BCUT2D eigenvalue weighted by Crippen LogP contribution is -2.24. The second-order valence-corrected chi connectivity index (χ2v) is 4.11. The molecule has 0 amide bonds. The van der Waals surface area contributed by atoms with Crippen LogP contribution in [0.2, 0.25) is 0 Å². The molecule has 0 radical (unpaired) electrons. The summed E-state index contributed by atoms with van der Waals surface area (Å²) in [5, 5.41) is 0. The van der Waals surface area contributed by atoms with Gasteiger partial charge < -0.3 is 4.74 Å². The zero-order chi connectivity index (χ0) is 10.1. The number of carbonyl (C=O) groups excluding carboxylic acids is 1. The van der Waals surface area contributed by atoms with Gasteiger partial charge in [0.15, 0.2) is 0 Å². The van der Waals surface area contributed by atoms with E-state index in [0.29, 0.717) is 5.92 Å². The van der Waals surface area contributed by atoms with E-state index >= 15 is 0 Å². The molecule has 0 bridgehead atoms. The lowest BCUT2D eigenvalue weighted by Gasteiger charge is -2.33. The largest absolute Gasteiger partial charge is 0.466 e. The Hall–Kier alpha value is -1.05. The van der Waals surface area contributed by atoms with Crippen LogP contribution in [0, 0.1) is 11.8 Å². The maximum atomic E-state index is 11.0. The van der Waals surface area contributed by atoms with Gasteiger partial charge in [0, 0.05) is 12.0 Å². The number of esters is 1. The van der Waals surface area contributed by atoms with Crippen molar-refractivity contribution in [1.29, 1.82) is 0 Å². The molecule has 0 aromatic rings. The summed E-state index contributed by atoms with van der Waals surface area (Å²) in [6.45, 7) is 2.19. The quantitative estimate of drug-likeness (QED) is 0.381. The van der Waals surface area contributed by atoms with Gasteiger partial charge in [-0.05, 0) is 25.2 Å². The molecular weight excluding hydrogens is 176 g/mol. The molecule has 1 saturated carbocycles. The Morgan fingerprint density at radius 2 is 2.43 bits per heavy atom. The molecule has 0 spiro atoms. The molecule has 0 saturated heterocycles. The second-order valence-electron chi connectivity index (χ2n) is 4.11. The molecular formula is C12H16O2. The molecule has 2 heteroatoms. The minimum Gasteiger partial charge on any atom is -0.466 e. The van der Waals surface area contributed by atoms with E-state index < -0.39 is 0 Å². The lowest BCUT2D eigenvalue weighted by atomic mass is 9.71. The molecule has 14 heavy (non-hydrogen) atoms. The fraction of sp³-hybridized carbons (Fsp3) is 0.583. The Morgan fingerprint density at radius 1 is 1.64 bits per heavy atom. The summed E-state index contributed by atoms with van der Waals surface area (Å²) in [6.07, 6.45) is 7.47. The van der Waals surface area contributed by atoms with Crippen LogP contribution in [-0.2, 0) is 9.53 Å². The molecule has 0 aromatic carbocycles. The Balaban J connectivity index is 2.04. The van der Waals surface area contributed by atoms with Crippen molar-refractivity contribution in [1.82, 2.24) is 0 Å². The minimum absolute atomic E-state index is 0.211. The number of rotatable bonds is 2. The zero-order valence-electron chi connectivity index (χ0n) is 8.75. The van der Waals surface area contributed by atoms with E-state index in [1.165, 1.54) is 19.1 Å². The SMILES string of the molecule is CCC1=CC2C(=CC(=O)OC)CC2C1. The van der Waals surface area contributed by atoms with E-state index in [4.69, 9.17) is 0 Å². The lowest BCUT2D eigenvalue weighted by molar-refractivity contribution is -0.135. The number of ether oxygens (including phenoxy) is 1. The molecule has 0 N–H and O–H groups in total. The average Bonchev–Trinajstić information content (AvgIpc) is 2.51. The number of hydrogen-bond donors (Lipinski definition) is 0. The van der Waals surface area contributed by atoms with E-state index in [9.17, 15) is 4.79 Å². The number of fused-ring (bicyclic) bond motifs is 1. The van der Waals surface area contributed by atoms with Crippen LogP contribution in [-0.4, -0.2) is 13.1 Å². The summed E-state index contributed by atoms with van der Waals surface area (Å²) in [4.78, 5) is 11.0. The summed E-state index contributed by atoms with van der Waals surface area (Å²) in [7, 11) is 1.43. The van der Waals surface area contributed by atoms with Crippen LogP contribution in [0.5, 0.6) is 0 Å². The van der Waals surface area contributed by atoms with E-state index in [1.54, 1.807) is 11.6 Å². The maximum absolute atomic E-state index is 11.0. The van der Waals surface area contributed by atoms with Crippen LogP contribution in [0.1, 0.15) is 26.2 Å². The first-order chi connectivity index (χ1) is 6.74. The zero-order valence-corrected chi connectivity index (χ0v) is 8.75. The highest BCUT2D eigenvalue weighted by Gasteiger charge is 2.38. The average molecular weight is 192 g/mol. The Morgan fingerprint density at radius 3 is 3.07 bits per heavy atom. The van der Waals surface area contributed by atoms with Gasteiger partial charge >= 0.3 is 5.97 Å². The number of methoxy groups -OCH3 is 1. The number of allylic oxidation sites excluding steroid dienone is 3. The molecule has 0 heterocycles. The third-order valence-corrected chi connectivity index (χ3v) is 3.33. The van der Waals surface area contributed by atoms with Crippen molar-refractivity contribution in [3.05, 3.63) is 23.3 Å². The third-order valence-electron chi connectivity index (χ3n) is 3.33. The van der Waals surface area contributed by atoms with E-state index in [2.05, 4.69) is 17.7 Å². The van der Waals surface area contributed by atoms with E-state index in [-0.39, 0.29) is 5.97 Å². The predicted octanol–water partition coefficient (Wildman–Crippen LogP) is 2.46. The van der Waals surface area contributed by atoms with Crippen molar-refractivity contribution in [2.45, 2.75) is 26.2 Å². The first-order valence-electron chi connectivity index (χ1n) is 5.22. The number of hydrogen-bond acceptors (Lipinski definition) is 2.